The zero-order valence-electron chi connectivity index (χ0n) is 9.59. The summed E-state index contributed by atoms with van der Waals surface area (Å²) in [5.41, 5.74) is 2.06. The van der Waals surface area contributed by atoms with E-state index in [1.807, 2.05) is 38.1 Å². The number of hydrogen-bond acceptors (Lipinski definition) is 3. The quantitative estimate of drug-likeness (QED) is 0.817. The summed E-state index contributed by atoms with van der Waals surface area (Å²) >= 11 is 3.42. The number of hydrogen-bond donors (Lipinski definition) is 0. The molecule has 1 heterocycles. The molecule has 0 aliphatic heterocycles. The third-order valence-electron chi connectivity index (χ3n) is 2.42. The molecule has 0 bridgehead atoms. The fraction of sp³-hybridized carbons (Fsp3) is 0.250. The number of aldehydes is 1. The summed E-state index contributed by atoms with van der Waals surface area (Å²) in [6.45, 7) is 4.01. The summed E-state index contributed by atoms with van der Waals surface area (Å²) in [6, 6.07) is 7.91. The molecule has 0 N–H and O–H groups in total. The van der Waals surface area contributed by atoms with Crippen LogP contribution < -0.4 is 0 Å². The average molecular weight is 294 g/mol. The molecule has 1 aromatic heterocycles. The van der Waals surface area contributed by atoms with Crippen LogP contribution in [0.5, 0.6) is 0 Å². The molecule has 0 spiro atoms. The molecule has 0 fully saturated rings. The molecule has 2 rings (SSSR count). The molecular weight excluding hydrogens is 282 g/mol. The van der Waals surface area contributed by atoms with E-state index in [-0.39, 0.29) is 6.04 Å². The number of rotatable bonds is 3. The second-order valence-corrected chi connectivity index (χ2v) is 4.91. The van der Waals surface area contributed by atoms with Crippen molar-refractivity contribution in [2.24, 2.45) is 0 Å². The highest BCUT2D eigenvalue weighted by Crippen LogP contribution is 2.26. The van der Waals surface area contributed by atoms with E-state index in [1.54, 1.807) is 4.68 Å². The minimum atomic E-state index is 0.158. The van der Waals surface area contributed by atoms with E-state index in [1.165, 1.54) is 0 Å². The molecule has 0 amide bonds. The third kappa shape index (κ3) is 2.29. The smallest absolute Gasteiger partial charge is 0.172 e. The monoisotopic (exact) mass is 293 g/mol. The normalized spacial score (nSPS) is 10.8. The zero-order chi connectivity index (χ0) is 12.4. The van der Waals surface area contributed by atoms with E-state index >= 15 is 0 Å². The summed E-state index contributed by atoms with van der Waals surface area (Å²) in [5, 5.41) is 7.90. The van der Waals surface area contributed by atoms with Crippen molar-refractivity contribution in [1.29, 1.82) is 0 Å². The first-order valence-corrected chi connectivity index (χ1v) is 6.09. The second kappa shape index (κ2) is 4.79. The molecule has 0 radical (unpaired) electrons. The van der Waals surface area contributed by atoms with Gasteiger partial charge in [-0.1, -0.05) is 33.3 Å². The lowest BCUT2D eigenvalue weighted by Gasteiger charge is -2.10. The van der Waals surface area contributed by atoms with Gasteiger partial charge < -0.3 is 0 Å². The van der Waals surface area contributed by atoms with Gasteiger partial charge in [0.2, 0.25) is 0 Å². The van der Waals surface area contributed by atoms with Crippen molar-refractivity contribution in [3.63, 3.8) is 0 Å². The maximum atomic E-state index is 11.0. The number of nitrogens with zero attached hydrogens (tertiary/aromatic N) is 3. The lowest BCUT2D eigenvalue weighted by atomic mass is 10.1. The highest BCUT2D eigenvalue weighted by molar-refractivity contribution is 9.10. The molecule has 5 heteroatoms. The average Bonchev–Trinajstić information content (AvgIpc) is 2.72. The zero-order valence-corrected chi connectivity index (χ0v) is 11.2. The predicted molar refractivity (Wildman–Crippen MR) is 68.9 cm³/mol. The van der Waals surface area contributed by atoms with Crippen molar-refractivity contribution in [2.45, 2.75) is 19.9 Å². The van der Waals surface area contributed by atoms with Crippen molar-refractivity contribution in [3.05, 3.63) is 34.4 Å². The minimum Gasteiger partial charge on any atom is -0.296 e. The summed E-state index contributed by atoms with van der Waals surface area (Å²) in [5.74, 6) is 0. The van der Waals surface area contributed by atoms with E-state index in [4.69, 9.17) is 0 Å². The Morgan fingerprint density at radius 1 is 1.41 bits per heavy atom. The molecule has 88 valence electrons. The van der Waals surface area contributed by atoms with Gasteiger partial charge in [0.1, 0.15) is 0 Å². The van der Waals surface area contributed by atoms with Gasteiger partial charge >= 0.3 is 0 Å². The van der Waals surface area contributed by atoms with Crippen molar-refractivity contribution in [1.82, 2.24) is 15.0 Å². The highest BCUT2D eigenvalue weighted by Gasteiger charge is 2.16. The first-order chi connectivity index (χ1) is 8.13. The number of carbonyl (C=O) groups is 1. The Labute approximate surface area is 108 Å². The molecule has 0 atom stereocenters. The predicted octanol–water partition coefficient (Wildman–Crippen LogP) is 3.10. The van der Waals surface area contributed by atoms with Crippen LogP contribution in [0, 0.1) is 0 Å². The Morgan fingerprint density at radius 3 is 2.76 bits per heavy atom. The van der Waals surface area contributed by atoms with Crippen molar-refractivity contribution >= 4 is 22.2 Å². The molecule has 1 aromatic carbocycles. The van der Waals surface area contributed by atoms with Gasteiger partial charge in [0, 0.05) is 16.1 Å². The van der Waals surface area contributed by atoms with Crippen LogP contribution in [0.3, 0.4) is 0 Å². The van der Waals surface area contributed by atoms with Gasteiger partial charge in [-0.05, 0) is 26.0 Å². The van der Waals surface area contributed by atoms with Gasteiger partial charge in [-0.3, -0.25) is 4.79 Å². The van der Waals surface area contributed by atoms with Crippen molar-refractivity contribution < 1.29 is 4.79 Å². The highest BCUT2D eigenvalue weighted by atomic mass is 79.9. The van der Waals surface area contributed by atoms with Gasteiger partial charge in [0.25, 0.3) is 0 Å². The van der Waals surface area contributed by atoms with Crippen LogP contribution in [0.15, 0.2) is 28.7 Å². The Kier molecular flexibility index (Phi) is 3.38. The second-order valence-electron chi connectivity index (χ2n) is 3.99. The molecular formula is C12H12BrN3O. The number of aromatic nitrogens is 3. The number of halogens is 1. The lowest BCUT2D eigenvalue weighted by molar-refractivity contribution is 0.111. The molecule has 0 aliphatic carbocycles. The maximum Gasteiger partial charge on any atom is 0.172 e. The van der Waals surface area contributed by atoms with Crippen LogP contribution >= 0.6 is 15.9 Å². The van der Waals surface area contributed by atoms with Crippen LogP contribution in [0.2, 0.25) is 0 Å². The van der Waals surface area contributed by atoms with Crippen LogP contribution in [-0.2, 0) is 0 Å². The van der Waals surface area contributed by atoms with Crippen LogP contribution in [0.1, 0.15) is 30.4 Å². The Bertz CT molecular complexity index is 548. The van der Waals surface area contributed by atoms with Crippen LogP contribution in [0.4, 0.5) is 0 Å². The van der Waals surface area contributed by atoms with Gasteiger partial charge in [-0.25, -0.2) is 4.68 Å². The Hall–Kier alpha value is -1.49. The van der Waals surface area contributed by atoms with Crippen LogP contribution in [0.25, 0.3) is 11.3 Å². The van der Waals surface area contributed by atoms with E-state index < -0.39 is 0 Å². The minimum absolute atomic E-state index is 0.158. The fourth-order valence-electron chi connectivity index (χ4n) is 1.66. The van der Waals surface area contributed by atoms with Crippen molar-refractivity contribution in [3.8, 4) is 11.3 Å². The molecule has 17 heavy (non-hydrogen) atoms. The van der Waals surface area contributed by atoms with Crippen molar-refractivity contribution in [2.75, 3.05) is 0 Å². The first-order valence-electron chi connectivity index (χ1n) is 5.29. The van der Waals surface area contributed by atoms with Gasteiger partial charge in [-0.2, -0.15) is 0 Å². The van der Waals surface area contributed by atoms with E-state index in [2.05, 4.69) is 26.2 Å². The third-order valence-corrected chi connectivity index (χ3v) is 2.91. The van der Waals surface area contributed by atoms with Gasteiger partial charge in [0.05, 0.1) is 5.69 Å². The number of benzene rings is 1. The van der Waals surface area contributed by atoms with E-state index in [9.17, 15) is 4.79 Å². The molecule has 2 aromatic rings. The Morgan fingerprint density at radius 2 is 2.18 bits per heavy atom. The summed E-state index contributed by atoms with van der Waals surface area (Å²) < 4.78 is 2.72. The lowest BCUT2D eigenvalue weighted by Crippen LogP contribution is -2.05. The number of carbonyl (C=O) groups excluding carboxylic acids is 1. The van der Waals surface area contributed by atoms with Crippen LogP contribution in [-0.4, -0.2) is 21.3 Å². The topological polar surface area (TPSA) is 47.8 Å². The molecule has 0 aliphatic rings. The summed E-state index contributed by atoms with van der Waals surface area (Å²) in [7, 11) is 0. The molecule has 0 saturated carbocycles. The fourth-order valence-corrected chi connectivity index (χ4v) is 2.06. The summed E-state index contributed by atoms with van der Waals surface area (Å²) in [6.07, 6.45) is 0.738. The molecule has 0 saturated heterocycles. The largest absolute Gasteiger partial charge is 0.296 e. The SMILES string of the molecule is CC(C)n1nnc(C=O)c1-c1cccc(Br)c1. The maximum absolute atomic E-state index is 11.0. The van der Waals surface area contributed by atoms with Gasteiger partial charge in [0.15, 0.2) is 12.0 Å². The molecule has 0 unspecified atom stereocenters. The Balaban J connectivity index is 2.64. The summed E-state index contributed by atoms with van der Waals surface area (Å²) in [4.78, 5) is 11.0. The molecule has 4 nitrogen and oxygen atoms in total. The standard InChI is InChI=1S/C12H12BrN3O/c1-8(2)16-12(11(7-17)14-15-16)9-4-3-5-10(13)6-9/h3-8H,1-2H3. The van der Waals surface area contributed by atoms with E-state index in [0.717, 1.165) is 22.0 Å². The first kappa shape index (κ1) is 12.0. The van der Waals surface area contributed by atoms with Gasteiger partial charge in [-0.15, -0.1) is 5.10 Å². The van der Waals surface area contributed by atoms with E-state index in [0.29, 0.717) is 5.69 Å².